The van der Waals surface area contributed by atoms with E-state index < -0.39 is 0 Å². The first-order valence-electron chi connectivity index (χ1n) is 7.50. The molecule has 0 radical (unpaired) electrons. The summed E-state index contributed by atoms with van der Waals surface area (Å²) >= 11 is 5.66. The Morgan fingerprint density at radius 2 is 2.14 bits per heavy atom. The zero-order chi connectivity index (χ0) is 14.9. The van der Waals surface area contributed by atoms with Crippen molar-refractivity contribution in [1.82, 2.24) is 14.8 Å². The van der Waals surface area contributed by atoms with Crippen LogP contribution in [0.25, 0.3) is 27.3 Å². The van der Waals surface area contributed by atoms with E-state index in [1.807, 2.05) is 30.9 Å². The van der Waals surface area contributed by atoms with Crippen LogP contribution in [0.4, 0.5) is 0 Å². The standard InChI is InChI=1S/C17H14N4S/c1-17(6-7-17)21-16-15-12(3-2-4-14(15)22)11-5-8-18-9-13(11)20(16)10-19-21/h2-5,8-10H,6-7H2,1H3/p+1. The van der Waals surface area contributed by atoms with Gasteiger partial charge in [0.25, 0.3) is 5.65 Å². The minimum Gasteiger partial charge on any atom is -0.261 e. The number of aromatic amines is 1. The Morgan fingerprint density at radius 1 is 1.27 bits per heavy atom. The van der Waals surface area contributed by atoms with Crippen molar-refractivity contribution in [2.45, 2.75) is 25.3 Å². The minimum atomic E-state index is 0.176. The number of aromatic nitrogens is 4. The molecule has 0 atom stereocenters. The van der Waals surface area contributed by atoms with Crippen LogP contribution >= 0.6 is 12.2 Å². The van der Waals surface area contributed by atoms with Gasteiger partial charge in [-0.2, -0.15) is 9.50 Å². The Morgan fingerprint density at radius 3 is 2.95 bits per heavy atom. The smallest absolute Gasteiger partial charge is 0.261 e. The van der Waals surface area contributed by atoms with Gasteiger partial charge in [-0.25, -0.2) is 0 Å². The van der Waals surface area contributed by atoms with Gasteiger partial charge in [0.1, 0.15) is 11.1 Å². The van der Waals surface area contributed by atoms with Crippen molar-refractivity contribution in [3.63, 3.8) is 0 Å². The number of rotatable bonds is 1. The molecule has 4 aromatic rings. The van der Waals surface area contributed by atoms with Crippen molar-refractivity contribution in [3.8, 4) is 0 Å². The van der Waals surface area contributed by atoms with Gasteiger partial charge in [0.15, 0.2) is 0 Å². The first-order valence-corrected chi connectivity index (χ1v) is 7.91. The van der Waals surface area contributed by atoms with Crippen LogP contribution in [0.2, 0.25) is 0 Å². The van der Waals surface area contributed by atoms with E-state index in [1.54, 1.807) is 0 Å². The predicted octanol–water partition coefficient (Wildman–Crippen LogP) is 3.49. The lowest BCUT2D eigenvalue weighted by Crippen LogP contribution is -2.24. The molecule has 0 unspecified atom stereocenters. The van der Waals surface area contributed by atoms with Crippen LogP contribution in [0, 0.1) is 4.51 Å². The lowest BCUT2D eigenvalue weighted by atomic mass is 10.1. The van der Waals surface area contributed by atoms with Gasteiger partial charge in [-0.15, -0.1) is 4.68 Å². The SMILES string of the molecule is CC1(n2[nH]c[n+]3c4cnccc4c4cccc(=S)c4c23)CC1. The number of nitrogens with one attached hydrogen (secondary N) is 1. The van der Waals surface area contributed by atoms with E-state index in [4.69, 9.17) is 12.2 Å². The summed E-state index contributed by atoms with van der Waals surface area (Å²) in [5, 5.41) is 6.96. The first kappa shape index (κ1) is 12.3. The summed E-state index contributed by atoms with van der Waals surface area (Å²) in [6.45, 7) is 2.29. The average Bonchev–Trinajstić information content (AvgIpc) is 3.12. The zero-order valence-electron chi connectivity index (χ0n) is 12.2. The Hall–Kier alpha value is -2.27. The number of hydrogen-bond donors (Lipinski definition) is 1. The Bertz CT molecular complexity index is 1120. The van der Waals surface area contributed by atoms with Crippen molar-refractivity contribution < 1.29 is 4.40 Å². The van der Waals surface area contributed by atoms with E-state index in [1.165, 1.54) is 23.6 Å². The fourth-order valence-electron chi connectivity index (χ4n) is 3.37. The van der Waals surface area contributed by atoms with Crippen molar-refractivity contribution in [2.75, 3.05) is 0 Å². The van der Waals surface area contributed by atoms with Gasteiger partial charge in [0, 0.05) is 17.0 Å². The maximum Gasteiger partial charge on any atom is 0.271 e. The van der Waals surface area contributed by atoms with E-state index in [0.717, 1.165) is 21.1 Å². The third kappa shape index (κ3) is 1.44. The van der Waals surface area contributed by atoms with Gasteiger partial charge in [0.2, 0.25) is 6.33 Å². The molecule has 4 nitrogen and oxygen atoms in total. The summed E-state index contributed by atoms with van der Waals surface area (Å²) < 4.78 is 5.35. The summed E-state index contributed by atoms with van der Waals surface area (Å²) in [7, 11) is 0. The third-order valence-corrected chi connectivity index (χ3v) is 5.21. The summed E-state index contributed by atoms with van der Waals surface area (Å²) in [6.07, 6.45) is 8.17. The molecule has 1 N–H and O–H groups in total. The van der Waals surface area contributed by atoms with E-state index in [2.05, 4.69) is 38.2 Å². The van der Waals surface area contributed by atoms with Crippen molar-refractivity contribution in [3.05, 3.63) is 47.5 Å². The highest BCUT2D eigenvalue weighted by molar-refractivity contribution is 7.71. The fourth-order valence-corrected chi connectivity index (χ4v) is 3.65. The molecule has 1 saturated carbocycles. The number of benzene rings is 1. The van der Waals surface area contributed by atoms with Crippen LogP contribution in [-0.2, 0) is 5.54 Å². The second kappa shape index (κ2) is 3.93. The van der Waals surface area contributed by atoms with Crippen LogP contribution in [0.5, 0.6) is 0 Å². The molecule has 1 fully saturated rings. The van der Waals surface area contributed by atoms with E-state index in [0.29, 0.717) is 0 Å². The Balaban J connectivity index is 2.16. The summed E-state index contributed by atoms with van der Waals surface area (Å²) in [6, 6.07) is 8.27. The summed E-state index contributed by atoms with van der Waals surface area (Å²) in [5.74, 6) is 0. The second-order valence-corrected chi connectivity index (χ2v) is 6.80. The van der Waals surface area contributed by atoms with Crippen LogP contribution in [-0.4, -0.2) is 14.8 Å². The largest absolute Gasteiger partial charge is 0.271 e. The monoisotopic (exact) mass is 307 g/mol. The predicted molar refractivity (Wildman–Crippen MR) is 88.5 cm³/mol. The van der Waals surface area contributed by atoms with Crippen LogP contribution in [0.1, 0.15) is 19.8 Å². The molecule has 22 heavy (non-hydrogen) atoms. The van der Waals surface area contributed by atoms with E-state index in [9.17, 15) is 0 Å². The molecular weight excluding hydrogens is 292 g/mol. The van der Waals surface area contributed by atoms with E-state index in [-0.39, 0.29) is 5.54 Å². The van der Waals surface area contributed by atoms with Gasteiger partial charge in [-0.1, -0.05) is 24.4 Å². The molecule has 0 amide bonds. The molecule has 5 rings (SSSR count). The quantitative estimate of drug-likeness (QED) is 0.332. The average molecular weight is 307 g/mol. The number of pyridine rings is 2. The third-order valence-electron chi connectivity index (χ3n) is 4.87. The Labute approximate surface area is 132 Å². The highest BCUT2D eigenvalue weighted by Crippen LogP contribution is 2.43. The highest BCUT2D eigenvalue weighted by Gasteiger charge is 2.46. The molecule has 0 saturated heterocycles. The van der Waals surface area contributed by atoms with Gasteiger partial charge in [-0.05, 0) is 31.9 Å². The molecule has 5 heteroatoms. The fraction of sp³-hybridized carbons (Fsp3) is 0.235. The molecule has 0 aliphatic heterocycles. The molecule has 0 bridgehead atoms. The van der Waals surface area contributed by atoms with Gasteiger partial charge in [-0.3, -0.25) is 4.98 Å². The highest BCUT2D eigenvalue weighted by atomic mass is 32.1. The summed E-state index contributed by atoms with van der Waals surface area (Å²) in [4.78, 5) is 4.31. The van der Waals surface area contributed by atoms with Crippen LogP contribution in [0.3, 0.4) is 0 Å². The topological polar surface area (TPSA) is 37.7 Å². The molecular formula is C17H15N4S+. The maximum atomic E-state index is 5.66. The Kier molecular flexibility index (Phi) is 2.19. The van der Waals surface area contributed by atoms with Gasteiger partial charge in [0.05, 0.1) is 16.1 Å². The lowest BCUT2D eigenvalue weighted by Gasteiger charge is -2.08. The maximum absolute atomic E-state index is 5.66. The second-order valence-electron chi connectivity index (χ2n) is 6.36. The van der Waals surface area contributed by atoms with E-state index >= 15 is 0 Å². The molecule has 3 heterocycles. The molecule has 0 spiro atoms. The van der Waals surface area contributed by atoms with Crippen molar-refractivity contribution in [2.24, 2.45) is 0 Å². The van der Waals surface area contributed by atoms with Crippen LogP contribution < -0.4 is 4.40 Å². The van der Waals surface area contributed by atoms with Gasteiger partial charge < -0.3 is 0 Å². The molecule has 1 aliphatic rings. The van der Waals surface area contributed by atoms with Crippen molar-refractivity contribution in [1.29, 1.82) is 0 Å². The van der Waals surface area contributed by atoms with Crippen molar-refractivity contribution >= 4 is 39.5 Å². The summed E-state index contributed by atoms with van der Waals surface area (Å²) in [5.41, 5.74) is 2.42. The lowest BCUT2D eigenvalue weighted by molar-refractivity contribution is -0.481. The molecule has 1 aromatic carbocycles. The zero-order valence-corrected chi connectivity index (χ0v) is 13.0. The first-order chi connectivity index (χ1) is 10.7. The number of hydrogen-bond acceptors (Lipinski definition) is 2. The molecule has 3 aromatic heterocycles. The van der Waals surface area contributed by atoms with Gasteiger partial charge >= 0.3 is 0 Å². The van der Waals surface area contributed by atoms with Crippen LogP contribution in [0.15, 0.2) is 43.0 Å². The molecule has 108 valence electrons. The number of nitrogens with zero attached hydrogens (tertiary/aromatic N) is 3. The molecule has 1 aliphatic carbocycles. The number of fused-ring (bicyclic) bond motifs is 6. The minimum absolute atomic E-state index is 0.176. The normalized spacial score (nSPS) is 16.6. The number of H-pyrrole nitrogens is 1.